The standard InChI is InChI=1S/C23H33N3O3/c1-17-8-9-19(20(27)24-17)21(28)26-15-12-23(16-26)11-5-13-25(22(23)29)14-10-18-6-3-2-4-7-18/h8-9,18H,2-7,10-16H2,1H3,(H,24,27). The number of rotatable bonds is 4. The molecule has 158 valence electrons. The summed E-state index contributed by atoms with van der Waals surface area (Å²) in [6, 6.07) is 3.35. The van der Waals surface area contributed by atoms with Gasteiger partial charge in [-0.2, -0.15) is 0 Å². The van der Waals surface area contributed by atoms with Crippen LogP contribution >= 0.6 is 0 Å². The molecule has 1 saturated carbocycles. The topological polar surface area (TPSA) is 73.5 Å². The van der Waals surface area contributed by atoms with Gasteiger partial charge in [0.15, 0.2) is 0 Å². The Kier molecular flexibility index (Phi) is 5.79. The summed E-state index contributed by atoms with van der Waals surface area (Å²) >= 11 is 0. The van der Waals surface area contributed by atoms with Crippen molar-refractivity contribution in [3.63, 3.8) is 0 Å². The zero-order valence-electron chi connectivity index (χ0n) is 17.5. The lowest BCUT2D eigenvalue weighted by atomic mass is 9.78. The summed E-state index contributed by atoms with van der Waals surface area (Å²) in [5, 5.41) is 0. The molecule has 6 heteroatoms. The van der Waals surface area contributed by atoms with E-state index < -0.39 is 5.41 Å². The molecule has 0 aromatic carbocycles. The second kappa shape index (κ2) is 8.33. The Balaban J connectivity index is 1.40. The number of carbonyl (C=O) groups is 2. The van der Waals surface area contributed by atoms with Crippen molar-refractivity contribution in [2.75, 3.05) is 26.2 Å². The number of amides is 2. The number of hydrogen-bond acceptors (Lipinski definition) is 3. The molecule has 1 aromatic heterocycles. The summed E-state index contributed by atoms with van der Waals surface area (Å²) in [5.41, 5.74) is 0.114. The van der Waals surface area contributed by atoms with Crippen LogP contribution in [0.25, 0.3) is 0 Å². The van der Waals surface area contributed by atoms with Gasteiger partial charge in [-0.1, -0.05) is 32.1 Å². The number of H-pyrrole nitrogens is 1. The van der Waals surface area contributed by atoms with Crippen LogP contribution in [0.3, 0.4) is 0 Å². The molecule has 3 aliphatic rings. The molecule has 1 aliphatic carbocycles. The zero-order valence-corrected chi connectivity index (χ0v) is 17.5. The number of aromatic nitrogens is 1. The second-order valence-corrected chi connectivity index (χ2v) is 9.33. The van der Waals surface area contributed by atoms with Gasteiger partial charge in [0.05, 0.1) is 5.41 Å². The molecule has 6 nitrogen and oxygen atoms in total. The minimum atomic E-state index is -0.446. The first kappa shape index (κ1) is 20.2. The average molecular weight is 400 g/mol. The molecule has 29 heavy (non-hydrogen) atoms. The van der Waals surface area contributed by atoms with Crippen molar-refractivity contribution < 1.29 is 9.59 Å². The number of nitrogens with one attached hydrogen (secondary N) is 1. The molecule has 1 aromatic rings. The fourth-order valence-corrected chi connectivity index (χ4v) is 5.52. The highest BCUT2D eigenvalue weighted by molar-refractivity contribution is 5.95. The Morgan fingerprint density at radius 2 is 1.90 bits per heavy atom. The predicted molar refractivity (Wildman–Crippen MR) is 112 cm³/mol. The van der Waals surface area contributed by atoms with Crippen molar-refractivity contribution in [3.8, 4) is 0 Å². The van der Waals surface area contributed by atoms with Crippen molar-refractivity contribution in [3.05, 3.63) is 33.7 Å². The Morgan fingerprint density at radius 3 is 2.66 bits per heavy atom. The van der Waals surface area contributed by atoms with Gasteiger partial charge in [-0.15, -0.1) is 0 Å². The third-order valence-electron chi connectivity index (χ3n) is 7.28. The minimum Gasteiger partial charge on any atom is -0.342 e. The van der Waals surface area contributed by atoms with E-state index in [4.69, 9.17) is 0 Å². The summed E-state index contributed by atoms with van der Waals surface area (Å²) in [4.78, 5) is 44.9. The molecule has 0 bridgehead atoms. The van der Waals surface area contributed by atoms with Crippen molar-refractivity contribution >= 4 is 11.8 Å². The largest absolute Gasteiger partial charge is 0.342 e. The number of carbonyl (C=O) groups excluding carboxylic acids is 2. The summed E-state index contributed by atoms with van der Waals surface area (Å²) in [6.45, 7) is 4.49. The lowest BCUT2D eigenvalue weighted by Gasteiger charge is -2.40. The van der Waals surface area contributed by atoms with E-state index in [2.05, 4.69) is 9.88 Å². The van der Waals surface area contributed by atoms with Crippen LogP contribution in [0, 0.1) is 18.3 Å². The normalized spacial score (nSPS) is 25.8. The minimum absolute atomic E-state index is 0.171. The van der Waals surface area contributed by atoms with Crippen LogP contribution in [0.15, 0.2) is 16.9 Å². The predicted octanol–water partition coefficient (Wildman–Crippen LogP) is 3.11. The monoisotopic (exact) mass is 399 g/mol. The molecule has 3 fully saturated rings. The zero-order chi connectivity index (χ0) is 20.4. The molecule has 2 amide bonds. The molecule has 2 saturated heterocycles. The Bertz CT molecular complexity index is 827. The van der Waals surface area contributed by atoms with Crippen LogP contribution in [-0.2, 0) is 4.79 Å². The van der Waals surface area contributed by atoms with E-state index >= 15 is 0 Å². The average Bonchev–Trinajstić information content (AvgIpc) is 3.15. The molecule has 3 heterocycles. The molecule has 1 unspecified atom stereocenters. The maximum absolute atomic E-state index is 13.4. The van der Waals surface area contributed by atoms with Gasteiger partial charge < -0.3 is 14.8 Å². The highest BCUT2D eigenvalue weighted by atomic mass is 16.2. The van der Waals surface area contributed by atoms with Gasteiger partial charge >= 0.3 is 0 Å². The number of nitrogens with zero attached hydrogens (tertiary/aromatic N) is 2. The number of aromatic amines is 1. The Hall–Kier alpha value is -2.11. The SMILES string of the molecule is Cc1ccc(C(=O)N2CCC3(CCCN(CCC4CCCCC4)C3=O)C2)c(=O)[nH]1. The van der Waals surface area contributed by atoms with Crippen molar-refractivity contribution in [1.29, 1.82) is 0 Å². The van der Waals surface area contributed by atoms with E-state index in [0.29, 0.717) is 19.5 Å². The van der Waals surface area contributed by atoms with E-state index in [0.717, 1.165) is 44.0 Å². The fraction of sp³-hybridized carbons (Fsp3) is 0.696. The van der Waals surface area contributed by atoms with Gasteiger partial charge in [-0.3, -0.25) is 14.4 Å². The third-order valence-corrected chi connectivity index (χ3v) is 7.28. The lowest BCUT2D eigenvalue weighted by Crippen LogP contribution is -2.51. The van der Waals surface area contributed by atoms with Crippen LogP contribution in [-0.4, -0.2) is 52.8 Å². The first-order chi connectivity index (χ1) is 14.0. The number of aryl methyl sites for hydroxylation is 1. The summed E-state index contributed by atoms with van der Waals surface area (Å²) in [6.07, 6.45) is 10.3. The molecule has 4 rings (SSSR count). The maximum Gasteiger partial charge on any atom is 0.260 e. The van der Waals surface area contributed by atoms with Crippen LogP contribution in [0.5, 0.6) is 0 Å². The highest BCUT2D eigenvalue weighted by Crippen LogP contribution is 2.40. The van der Waals surface area contributed by atoms with Gasteiger partial charge in [0.2, 0.25) is 5.91 Å². The second-order valence-electron chi connectivity index (χ2n) is 9.33. The fourth-order valence-electron chi connectivity index (χ4n) is 5.52. The Labute approximate surface area is 172 Å². The smallest absolute Gasteiger partial charge is 0.260 e. The van der Waals surface area contributed by atoms with Gasteiger partial charge in [0.25, 0.3) is 11.5 Å². The Morgan fingerprint density at radius 1 is 1.10 bits per heavy atom. The van der Waals surface area contributed by atoms with Crippen molar-refractivity contribution in [2.45, 2.75) is 64.7 Å². The third kappa shape index (κ3) is 4.12. The molecular formula is C23H33N3O3. The summed E-state index contributed by atoms with van der Waals surface area (Å²) in [5.74, 6) is 0.743. The van der Waals surface area contributed by atoms with E-state index in [1.807, 2.05) is 0 Å². The first-order valence-electron chi connectivity index (χ1n) is 11.3. The van der Waals surface area contributed by atoms with Crippen molar-refractivity contribution in [2.24, 2.45) is 11.3 Å². The van der Waals surface area contributed by atoms with Crippen molar-refractivity contribution in [1.82, 2.24) is 14.8 Å². The van der Waals surface area contributed by atoms with E-state index in [-0.39, 0.29) is 22.9 Å². The molecular weight excluding hydrogens is 366 g/mol. The molecule has 1 spiro atoms. The number of piperidine rings is 1. The van der Waals surface area contributed by atoms with Crippen LogP contribution < -0.4 is 5.56 Å². The van der Waals surface area contributed by atoms with Crippen LogP contribution in [0.1, 0.15) is 73.8 Å². The maximum atomic E-state index is 13.4. The van der Waals surface area contributed by atoms with E-state index in [1.165, 1.54) is 32.1 Å². The number of pyridine rings is 1. The summed E-state index contributed by atoms with van der Waals surface area (Å²) < 4.78 is 0. The van der Waals surface area contributed by atoms with Gasteiger partial charge in [-0.05, 0) is 50.7 Å². The van der Waals surface area contributed by atoms with Crippen LogP contribution in [0.4, 0.5) is 0 Å². The highest BCUT2D eigenvalue weighted by Gasteiger charge is 2.49. The molecule has 2 aliphatic heterocycles. The molecule has 1 N–H and O–H groups in total. The lowest BCUT2D eigenvalue weighted by molar-refractivity contribution is -0.145. The quantitative estimate of drug-likeness (QED) is 0.845. The van der Waals surface area contributed by atoms with Gasteiger partial charge in [0.1, 0.15) is 5.56 Å². The van der Waals surface area contributed by atoms with E-state index in [9.17, 15) is 14.4 Å². The van der Waals surface area contributed by atoms with Gasteiger partial charge in [-0.25, -0.2) is 0 Å². The number of hydrogen-bond donors (Lipinski definition) is 1. The number of likely N-dealkylation sites (tertiary alicyclic amines) is 2. The molecule has 1 atom stereocenters. The first-order valence-corrected chi connectivity index (χ1v) is 11.3. The molecule has 0 radical (unpaired) electrons. The van der Waals surface area contributed by atoms with E-state index in [1.54, 1.807) is 24.0 Å². The summed E-state index contributed by atoms with van der Waals surface area (Å²) in [7, 11) is 0. The van der Waals surface area contributed by atoms with Gasteiger partial charge in [0, 0.05) is 31.9 Å². The van der Waals surface area contributed by atoms with Crippen LogP contribution in [0.2, 0.25) is 0 Å².